The van der Waals surface area contributed by atoms with Crippen LogP contribution in [0.2, 0.25) is 10.2 Å². The van der Waals surface area contributed by atoms with E-state index in [2.05, 4.69) is 4.98 Å². The lowest BCUT2D eigenvalue weighted by Gasteiger charge is -2.11. The quantitative estimate of drug-likeness (QED) is 0.942. The number of hydrogen-bond acceptors (Lipinski definition) is 2. The highest BCUT2D eigenvalue weighted by molar-refractivity contribution is 6.30. The Labute approximate surface area is 114 Å². The molecule has 2 rings (SSSR count). The van der Waals surface area contributed by atoms with Crippen LogP contribution in [0.1, 0.15) is 17.5 Å². The monoisotopic (exact) mass is 288 g/mol. The summed E-state index contributed by atoms with van der Waals surface area (Å²) in [5, 5.41) is 10.9. The minimum absolute atomic E-state index is 0.0908. The third kappa shape index (κ3) is 2.66. The van der Waals surface area contributed by atoms with Crippen molar-refractivity contribution in [1.82, 2.24) is 9.55 Å². The summed E-state index contributed by atoms with van der Waals surface area (Å²) in [6, 6.07) is 4.23. The van der Waals surface area contributed by atoms with Crippen molar-refractivity contribution >= 4 is 23.2 Å². The number of halogens is 3. The van der Waals surface area contributed by atoms with Crippen molar-refractivity contribution in [1.29, 1.82) is 0 Å². The van der Waals surface area contributed by atoms with Gasteiger partial charge in [-0.25, -0.2) is 9.37 Å². The first-order valence-corrected chi connectivity index (χ1v) is 6.03. The molecular weight excluding hydrogens is 278 g/mol. The van der Waals surface area contributed by atoms with Crippen molar-refractivity contribution in [3.8, 4) is 0 Å². The van der Waals surface area contributed by atoms with E-state index in [1.54, 1.807) is 11.6 Å². The van der Waals surface area contributed by atoms with Crippen LogP contribution < -0.4 is 0 Å². The molecule has 1 N–H and O–H groups in total. The molecule has 0 aliphatic rings. The maximum Gasteiger partial charge on any atom is 0.138 e. The Kier molecular flexibility index (Phi) is 3.90. The molecule has 3 nitrogen and oxygen atoms in total. The molecule has 0 bridgehead atoms. The van der Waals surface area contributed by atoms with Crippen LogP contribution in [0, 0.1) is 5.82 Å². The molecule has 0 amide bonds. The minimum atomic E-state index is -0.935. The van der Waals surface area contributed by atoms with Gasteiger partial charge in [0.2, 0.25) is 0 Å². The number of hydrogen-bond donors (Lipinski definition) is 1. The maximum absolute atomic E-state index is 13.5. The van der Waals surface area contributed by atoms with Crippen LogP contribution in [0.15, 0.2) is 24.4 Å². The first-order chi connectivity index (χ1) is 8.49. The first-order valence-electron chi connectivity index (χ1n) is 5.28. The highest BCUT2D eigenvalue weighted by atomic mass is 35.5. The van der Waals surface area contributed by atoms with E-state index in [1.807, 2.05) is 0 Å². The Hall–Kier alpha value is -1.10. The largest absolute Gasteiger partial charge is 0.385 e. The van der Waals surface area contributed by atoms with Crippen LogP contribution in [0.3, 0.4) is 0 Å². The van der Waals surface area contributed by atoms with Crippen molar-refractivity contribution in [2.24, 2.45) is 7.05 Å². The van der Waals surface area contributed by atoms with Gasteiger partial charge in [0, 0.05) is 18.5 Å². The molecule has 96 valence electrons. The van der Waals surface area contributed by atoms with Crippen molar-refractivity contribution < 1.29 is 9.50 Å². The highest BCUT2D eigenvalue weighted by Gasteiger charge is 2.17. The number of aliphatic hydroxyl groups excluding tert-OH is 1. The van der Waals surface area contributed by atoms with Crippen LogP contribution in [0.5, 0.6) is 0 Å². The average molecular weight is 289 g/mol. The maximum atomic E-state index is 13.5. The predicted molar refractivity (Wildman–Crippen MR) is 68.3 cm³/mol. The van der Waals surface area contributed by atoms with Gasteiger partial charge < -0.3 is 9.67 Å². The van der Waals surface area contributed by atoms with Crippen LogP contribution in [0.4, 0.5) is 4.39 Å². The van der Waals surface area contributed by atoms with E-state index < -0.39 is 11.9 Å². The standard InChI is InChI=1S/C12H11Cl2FN2O/c1-17-11(14)6-16-12(17)10(18)5-7-4-8(13)2-3-9(7)15/h2-4,6,10,18H,5H2,1H3. The van der Waals surface area contributed by atoms with E-state index in [0.717, 1.165) is 0 Å². The zero-order valence-electron chi connectivity index (χ0n) is 9.57. The van der Waals surface area contributed by atoms with E-state index in [9.17, 15) is 9.50 Å². The van der Waals surface area contributed by atoms with E-state index >= 15 is 0 Å². The molecule has 0 radical (unpaired) electrons. The molecule has 0 aliphatic carbocycles. The zero-order chi connectivity index (χ0) is 13.3. The van der Waals surface area contributed by atoms with E-state index in [1.165, 1.54) is 24.4 Å². The Morgan fingerprint density at radius 2 is 2.17 bits per heavy atom. The summed E-state index contributed by atoms with van der Waals surface area (Å²) in [7, 11) is 1.68. The third-order valence-corrected chi connectivity index (χ3v) is 3.27. The van der Waals surface area contributed by atoms with Gasteiger partial charge >= 0.3 is 0 Å². The van der Waals surface area contributed by atoms with Crippen molar-refractivity contribution in [2.75, 3.05) is 0 Å². The van der Waals surface area contributed by atoms with E-state index in [-0.39, 0.29) is 6.42 Å². The fourth-order valence-electron chi connectivity index (χ4n) is 1.71. The van der Waals surface area contributed by atoms with Gasteiger partial charge in [-0.3, -0.25) is 0 Å². The molecule has 1 heterocycles. The Bertz CT molecular complexity index is 571. The number of aromatic nitrogens is 2. The van der Waals surface area contributed by atoms with Gasteiger partial charge in [0.05, 0.1) is 6.20 Å². The molecule has 1 atom stereocenters. The molecule has 18 heavy (non-hydrogen) atoms. The van der Waals surface area contributed by atoms with Crippen molar-refractivity contribution in [3.63, 3.8) is 0 Å². The number of aliphatic hydroxyl groups is 1. The van der Waals surface area contributed by atoms with E-state index in [0.29, 0.717) is 21.6 Å². The second kappa shape index (κ2) is 5.26. The number of nitrogens with zero attached hydrogens (tertiary/aromatic N) is 2. The fraction of sp³-hybridized carbons (Fsp3) is 0.250. The van der Waals surface area contributed by atoms with Gasteiger partial charge in [0.1, 0.15) is 22.9 Å². The SMILES string of the molecule is Cn1c(Cl)cnc1C(O)Cc1cc(Cl)ccc1F. The Morgan fingerprint density at radius 1 is 1.44 bits per heavy atom. The zero-order valence-corrected chi connectivity index (χ0v) is 11.1. The summed E-state index contributed by atoms with van der Waals surface area (Å²) in [6.45, 7) is 0. The average Bonchev–Trinajstić information content (AvgIpc) is 2.65. The number of rotatable bonds is 3. The second-order valence-corrected chi connectivity index (χ2v) is 4.78. The highest BCUT2D eigenvalue weighted by Crippen LogP contribution is 2.23. The van der Waals surface area contributed by atoms with Gasteiger partial charge in [0.25, 0.3) is 0 Å². The summed E-state index contributed by atoms with van der Waals surface area (Å²) in [6.07, 6.45) is 0.595. The number of benzene rings is 1. The molecule has 0 aliphatic heterocycles. The summed E-state index contributed by atoms with van der Waals surface area (Å²) >= 11 is 11.6. The van der Waals surface area contributed by atoms with Crippen molar-refractivity contribution in [3.05, 3.63) is 51.8 Å². The van der Waals surface area contributed by atoms with Crippen LogP contribution >= 0.6 is 23.2 Å². The molecular formula is C12H11Cl2FN2O. The Balaban J connectivity index is 2.23. The summed E-state index contributed by atoms with van der Waals surface area (Å²) in [5.41, 5.74) is 0.342. The van der Waals surface area contributed by atoms with Gasteiger partial charge in [-0.2, -0.15) is 0 Å². The lowest BCUT2D eigenvalue weighted by Crippen LogP contribution is -2.09. The van der Waals surface area contributed by atoms with Gasteiger partial charge in [-0.15, -0.1) is 0 Å². The molecule has 1 aromatic carbocycles. The van der Waals surface area contributed by atoms with Crippen LogP contribution in [-0.4, -0.2) is 14.7 Å². The summed E-state index contributed by atoms with van der Waals surface area (Å²) in [4.78, 5) is 3.99. The normalized spacial score (nSPS) is 12.7. The molecule has 0 spiro atoms. The topological polar surface area (TPSA) is 38.0 Å². The molecule has 0 fully saturated rings. The number of imidazole rings is 1. The fourth-order valence-corrected chi connectivity index (χ4v) is 2.04. The second-order valence-electron chi connectivity index (χ2n) is 3.95. The molecule has 0 saturated heterocycles. The lowest BCUT2D eigenvalue weighted by molar-refractivity contribution is 0.164. The van der Waals surface area contributed by atoms with Gasteiger partial charge in [0.15, 0.2) is 0 Å². The third-order valence-electron chi connectivity index (χ3n) is 2.69. The van der Waals surface area contributed by atoms with Crippen LogP contribution in [-0.2, 0) is 13.5 Å². The summed E-state index contributed by atoms with van der Waals surface area (Å²) < 4.78 is 15.1. The van der Waals surface area contributed by atoms with E-state index in [4.69, 9.17) is 23.2 Å². The first kappa shape index (κ1) is 13.3. The van der Waals surface area contributed by atoms with Gasteiger partial charge in [-0.05, 0) is 23.8 Å². The minimum Gasteiger partial charge on any atom is -0.385 e. The van der Waals surface area contributed by atoms with Gasteiger partial charge in [-0.1, -0.05) is 23.2 Å². The lowest BCUT2D eigenvalue weighted by atomic mass is 10.1. The van der Waals surface area contributed by atoms with Crippen molar-refractivity contribution in [2.45, 2.75) is 12.5 Å². The van der Waals surface area contributed by atoms with Crippen LogP contribution in [0.25, 0.3) is 0 Å². The predicted octanol–water partition coefficient (Wildman–Crippen LogP) is 3.14. The molecule has 1 unspecified atom stereocenters. The molecule has 2 aromatic rings. The molecule has 0 saturated carbocycles. The Morgan fingerprint density at radius 3 is 2.78 bits per heavy atom. The molecule has 1 aromatic heterocycles. The smallest absolute Gasteiger partial charge is 0.138 e. The summed E-state index contributed by atoms with van der Waals surface area (Å²) in [5.74, 6) is -0.0156. The molecule has 6 heteroatoms.